The van der Waals surface area contributed by atoms with Crippen molar-refractivity contribution in [2.24, 2.45) is 0 Å². The van der Waals surface area contributed by atoms with E-state index in [1.54, 1.807) is 60.7 Å². The number of urea groups is 1. The molecule has 0 aliphatic rings. The molecule has 0 saturated heterocycles. The molecule has 2 N–H and O–H groups in total. The minimum absolute atomic E-state index is 0.0362. The molecular weight excluding hydrogens is 456 g/mol. The average molecular weight is 477 g/mol. The van der Waals surface area contributed by atoms with Crippen molar-refractivity contribution in [2.75, 3.05) is 17.7 Å². The number of fused-ring (bicyclic) bond motifs is 1. The smallest absolute Gasteiger partial charge is 0.341 e. The predicted octanol–water partition coefficient (Wildman–Crippen LogP) is 5.04. The van der Waals surface area contributed by atoms with Gasteiger partial charge in [0.2, 0.25) is 0 Å². The molecule has 4 aromatic rings. The third-order valence-electron chi connectivity index (χ3n) is 4.89. The number of nitrogens with one attached hydrogen (secondary N) is 2. The highest BCUT2D eigenvalue weighted by Crippen LogP contribution is 2.30. The molecule has 4 aromatic carbocycles. The molecular formula is C25H20N2O6S. The molecule has 0 radical (unpaired) electrons. The summed E-state index contributed by atoms with van der Waals surface area (Å²) in [4.78, 5) is 24.6. The minimum Gasteiger partial charge on any atom is -0.465 e. The van der Waals surface area contributed by atoms with Crippen LogP contribution in [0.25, 0.3) is 10.8 Å². The summed E-state index contributed by atoms with van der Waals surface area (Å²) in [6, 6.07) is 24.0. The highest BCUT2D eigenvalue weighted by molar-refractivity contribution is 7.87. The molecule has 4 rings (SSSR count). The number of carbonyl (C=O) groups excluding carboxylic acids is 2. The molecule has 0 fully saturated rings. The van der Waals surface area contributed by atoms with Gasteiger partial charge >= 0.3 is 22.1 Å². The SMILES string of the molecule is COC(=O)c1cc(NC(=O)Nc2ccccc2)ccc1OS(=O)(=O)c1cccc2ccccc12. The lowest BCUT2D eigenvalue weighted by molar-refractivity contribution is 0.0599. The van der Waals surface area contributed by atoms with E-state index in [0.717, 1.165) is 12.5 Å². The van der Waals surface area contributed by atoms with E-state index in [1.807, 2.05) is 6.07 Å². The number of hydrogen-bond acceptors (Lipinski definition) is 6. The molecule has 0 aliphatic carbocycles. The molecule has 0 bridgehead atoms. The van der Waals surface area contributed by atoms with Crippen molar-refractivity contribution in [1.82, 2.24) is 0 Å². The van der Waals surface area contributed by atoms with Crippen LogP contribution in [0.3, 0.4) is 0 Å². The maximum Gasteiger partial charge on any atom is 0.341 e. The summed E-state index contributed by atoms with van der Waals surface area (Å²) in [7, 11) is -3.13. The van der Waals surface area contributed by atoms with Crippen LogP contribution in [0.5, 0.6) is 5.75 Å². The normalized spacial score (nSPS) is 11.0. The molecule has 34 heavy (non-hydrogen) atoms. The number of para-hydroxylation sites is 1. The summed E-state index contributed by atoms with van der Waals surface area (Å²) in [5.74, 6) is -1.05. The summed E-state index contributed by atoms with van der Waals surface area (Å²) in [6.45, 7) is 0. The van der Waals surface area contributed by atoms with Gasteiger partial charge in [-0.05, 0) is 41.8 Å². The fraction of sp³-hybridized carbons (Fsp3) is 0.0400. The number of carbonyl (C=O) groups is 2. The quantitative estimate of drug-likeness (QED) is 0.298. The van der Waals surface area contributed by atoms with E-state index in [0.29, 0.717) is 11.1 Å². The Balaban J connectivity index is 1.62. The number of ether oxygens (including phenoxy) is 1. The number of amides is 2. The van der Waals surface area contributed by atoms with Gasteiger partial charge in [0.05, 0.1) is 7.11 Å². The third-order valence-corrected chi connectivity index (χ3v) is 6.19. The van der Waals surface area contributed by atoms with Gasteiger partial charge in [0.1, 0.15) is 10.5 Å². The summed E-state index contributed by atoms with van der Waals surface area (Å²) in [6.07, 6.45) is 0. The van der Waals surface area contributed by atoms with E-state index in [9.17, 15) is 18.0 Å². The number of anilines is 2. The van der Waals surface area contributed by atoms with E-state index < -0.39 is 22.1 Å². The first-order valence-electron chi connectivity index (χ1n) is 10.1. The Morgan fingerprint density at radius 1 is 0.765 bits per heavy atom. The lowest BCUT2D eigenvalue weighted by Crippen LogP contribution is -2.20. The maximum absolute atomic E-state index is 13.1. The fourth-order valence-corrected chi connectivity index (χ4v) is 4.51. The van der Waals surface area contributed by atoms with Crippen molar-refractivity contribution in [3.63, 3.8) is 0 Å². The van der Waals surface area contributed by atoms with Crippen molar-refractivity contribution in [1.29, 1.82) is 0 Å². The van der Waals surface area contributed by atoms with E-state index in [4.69, 9.17) is 8.92 Å². The van der Waals surface area contributed by atoms with Gasteiger partial charge in [0, 0.05) is 16.8 Å². The molecule has 0 heterocycles. The Morgan fingerprint density at radius 3 is 2.21 bits per heavy atom. The van der Waals surface area contributed by atoms with Crippen molar-refractivity contribution in [3.8, 4) is 5.75 Å². The van der Waals surface area contributed by atoms with Crippen LogP contribution in [0.1, 0.15) is 10.4 Å². The van der Waals surface area contributed by atoms with Crippen LogP contribution in [0.4, 0.5) is 16.2 Å². The zero-order valence-electron chi connectivity index (χ0n) is 18.0. The van der Waals surface area contributed by atoms with Gasteiger partial charge in [-0.25, -0.2) is 9.59 Å². The van der Waals surface area contributed by atoms with Crippen molar-refractivity contribution in [2.45, 2.75) is 4.90 Å². The topological polar surface area (TPSA) is 111 Å². The van der Waals surface area contributed by atoms with Crippen molar-refractivity contribution < 1.29 is 26.9 Å². The van der Waals surface area contributed by atoms with Gasteiger partial charge < -0.3 is 19.6 Å². The standard InChI is InChI=1S/C25H20N2O6S/c1-32-24(28)21-16-19(27-25(29)26-18-10-3-2-4-11-18)14-15-22(21)33-34(30,31)23-13-7-9-17-8-5-6-12-20(17)23/h2-16H,1H3,(H2,26,27,29). The van der Waals surface area contributed by atoms with E-state index in [2.05, 4.69) is 10.6 Å². The number of rotatable bonds is 6. The Bertz CT molecular complexity index is 1460. The molecule has 0 atom stereocenters. The summed E-state index contributed by atoms with van der Waals surface area (Å²) in [5.41, 5.74) is 0.655. The lowest BCUT2D eigenvalue weighted by atomic mass is 10.1. The Kier molecular flexibility index (Phi) is 6.46. The molecule has 2 amide bonds. The molecule has 8 nitrogen and oxygen atoms in total. The second-order valence-corrected chi connectivity index (χ2v) is 8.68. The number of methoxy groups -OCH3 is 1. The Labute approximate surface area is 196 Å². The van der Waals surface area contributed by atoms with Gasteiger partial charge in [0.15, 0.2) is 5.75 Å². The van der Waals surface area contributed by atoms with Crippen LogP contribution in [-0.2, 0) is 14.9 Å². The zero-order chi connectivity index (χ0) is 24.1. The predicted molar refractivity (Wildman–Crippen MR) is 129 cm³/mol. The van der Waals surface area contributed by atoms with Crippen molar-refractivity contribution in [3.05, 3.63) is 96.6 Å². The number of esters is 1. The highest BCUT2D eigenvalue weighted by Gasteiger charge is 2.24. The van der Waals surface area contributed by atoms with Crippen LogP contribution in [0.15, 0.2) is 95.9 Å². The first kappa shape index (κ1) is 22.8. The van der Waals surface area contributed by atoms with Gasteiger partial charge in [-0.2, -0.15) is 8.42 Å². The first-order chi connectivity index (χ1) is 16.4. The van der Waals surface area contributed by atoms with Crippen LogP contribution >= 0.6 is 0 Å². The number of hydrogen-bond donors (Lipinski definition) is 2. The lowest BCUT2D eigenvalue weighted by Gasteiger charge is -2.14. The summed E-state index contributed by atoms with van der Waals surface area (Å²) < 4.78 is 36.3. The highest BCUT2D eigenvalue weighted by atomic mass is 32.2. The first-order valence-corrected chi connectivity index (χ1v) is 11.6. The largest absolute Gasteiger partial charge is 0.465 e. The van der Waals surface area contributed by atoms with Gasteiger partial charge in [-0.1, -0.05) is 54.6 Å². The molecule has 0 aromatic heterocycles. The molecule has 0 saturated carbocycles. The second-order valence-electron chi connectivity index (χ2n) is 7.16. The molecule has 0 aliphatic heterocycles. The fourth-order valence-electron chi connectivity index (χ4n) is 3.34. The van der Waals surface area contributed by atoms with Gasteiger partial charge in [-0.3, -0.25) is 0 Å². The molecule has 9 heteroatoms. The van der Waals surface area contributed by atoms with E-state index in [-0.39, 0.29) is 21.9 Å². The van der Waals surface area contributed by atoms with Gasteiger partial charge in [0.25, 0.3) is 0 Å². The minimum atomic E-state index is -4.29. The summed E-state index contributed by atoms with van der Waals surface area (Å²) >= 11 is 0. The van der Waals surface area contributed by atoms with Crippen LogP contribution in [-0.4, -0.2) is 27.5 Å². The summed E-state index contributed by atoms with van der Waals surface area (Å²) in [5, 5.41) is 6.46. The van der Waals surface area contributed by atoms with E-state index in [1.165, 1.54) is 24.3 Å². The van der Waals surface area contributed by atoms with Gasteiger partial charge in [-0.15, -0.1) is 0 Å². The average Bonchev–Trinajstić information content (AvgIpc) is 2.84. The molecule has 0 unspecified atom stereocenters. The van der Waals surface area contributed by atoms with E-state index >= 15 is 0 Å². The third kappa shape index (κ3) is 5.00. The molecule has 172 valence electrons. The van der Waals surface area contributed by atoms with Crippen LogP contribution in [0, 0.1) is 0 Å². The van der Waals surface area contributed by atoms with Crippen LogP contribution < -0.4 is 14.8 Å². The second kappa shape index (κ2) is 9.63. The number of benzene rings is 4. The molecule has 0 spiro atoms. The van der Waals surface area contributed by atoms with Crippen molar-refractivity contribution >= 4 is 44.3 Å². The monoisotopic (exact) mass is 476 g/mol. The maximum atomic E-state index is 13.1. The Hall–Kier alpha value is -4.37. The Morgan fingerprint density at radius 2 is 1.44 bits per heavy atom. The zero-order valence-corrected chi connectivity index (χ0v) is 18.8. The van der Waals surface area contributed by atoms with Crippen LogP contribution in [0.2, 0.25) is 0 Å².